The van der Waals surface area contributed by atoms with Crippen molar-refractivity contribution in [1.82, 2.24) is 5.32 Å². The van der Waals surface area contributed by atoms with Crippen LogP contribution in [0.15, 0.2) is 21.2 Å². The minimum Gasteiger partial charge on any atom is -0.444 e. The molecule has 0 spiro atoms. The molecule has 0 aliphatic rings. The van der Waals surface area contributed by atoms with Gasteiger partial charge in [0.05, 0.1) is 0 Å². The van der Waals surface area contributed by atoms with E-state index in [9.17, 15) is 4.79 Å². The Morgan fingerprint density at radius 2 is 1.88 bits per heavy atom. The highest BCUT2D eigenvalue weighted by Gasteiger charge is 2.19. The smallest absolute Gasteiger partial charge is 0.287 e. The van der Waals surface area contributed by atoms with E-state index in [-0.39, 0.29) is 5.91 Å². The Bertz CT molecular complexity index is 363. The quantitative estimate of drug-likeness (QED) is 0.901. The molecule has 0 fully saturated rings. The Labute approximate surface area is 111 Å². The maximum absolute atomic E-state index is 11.8. The number of hydrogen-bond acceptors (Lipinski definition) is 2. The van der Waals surface area contributed by atoms with E-state index in [0.717, 1.165) is 0 Å². The number of nitrogens with one attached hydrogen (secondary N) is 1. The van der Waals surface area contributed by atoms with E-state index in [1.807, 2.05) is 0 Å². The molecular formula is C13H20BrNO2. The predicted octanol–water partition coefficient (Wildman–Crippen LogP) is 3.70. The highest BCUT2D eigenvalue weighted by atomic mass is 79.9. The third-order valence-corrected chi connectivity index (χ3v) is 3.43. The van der Waals surface area contributed by atoms with Crippen molar-refractivity contribution in [1.29, 1.82) is 0 Å². The van der Waals surface area contributed by atoms with E-state index in [4.69, 9.17) is 4.42 Å². The summed E-state index contributed by atoms with van der Waals surface area (Å²) >= 11 is 3.18. The fourth-order valence-corrected chi connectivity index (χ4v) is 2.28. The lowest BCUT2D eigenvalue weighted by Crippen LogP contribution is -2.33. The molecule has 0 aliphatic heterocycles. The fraction of sp³-hybridized carbons (Fsp3) is 0.615. The molecule has 1 aromatic rings. The molecular weight excluding hydrogens is 282 g/mol. The van der Waals surface area contributed by atoms with Crippen LogP contribution < -0.4 is 5.32 Å². The Hall–Kier alpha value is -0.770. The van der Waals surface area contributed by atoms with Gasteiger partial charge in [0.2, 0.25) is 0 Å². The highest BCUT2D eigenvalue weighted by Crippen LogP contribution is 2.20. The van der Waals surface area contributed by atoms with Gasteiger partial charge in [0.1, 0.15) is 0 Å². The number of halogens is 1. The first-order valence-electron chi connectivity index (χ1n) is 5.95. The van der Waals surface area contributed by atoms with Crippen molar-refractivity contribution in [3.8, 4) is 0 Å². The summed E-state index contributed by atoms with van der Waals surface area (Å²) in [4.78, 5) is 11.8. The fourth-order valence-electron chi connectivity index (χ4n) is 1.98. The van der Waals surface area contributed by atoms with E-state index in [1.54, 1.807) is 12.1 Å². The zero-order valence-corrected chi connectivity index (χ0v) is 12.4. The van der Waals surface area contributed by atoms with Crippen LogP contribution in [0.5, 0.6) is 0 Å². The summed E-state index contributed by atoms with van der Waals surface area (Å²) in [5.41, 5.74) is 0. The van der Waals surface area contributed by atoms with Crippen LogP contribution in [-0.4, -0.2) is 12.5 Å². The molecule has 0 radical (unpaired) electrons. The molecule has 1 N–H and O–H groups in total. The molecule has 1 amide bonds. The first-order chi connectivity index (χ1) is 7.91. The second-order valence-electron chi connectivity index (χ2n) is 4.97. The van der Waals surface area contributed by atoms with Crippen LogP contribution in [-0.2, 0) is 0 Å². The summed E-state index contributed by atoms with van der Waals surface area (Å²) in [5.74, 6) is 1.79. The molecule has 0 saturated heterocycles. The van der Waals surface area contributed by atoms with Gasteiger partial charge in [-0.25, -0.2) is 0 Å². The third kappa shape index (κ3) is 4.19. The standard InChI is InChI=1S/C13H20BrNO2/c1-8(2)10(9(3)4)7-15-13(16)11-5-6-12(14)17-11/h5-6,8-10H,7H2,1-4H3,(H,15,16). The van der Waals surface area contributed by atoms with Crippen molar-refractivity contribution in [2.24, 2.45) is 17.8 Å². The number of carbonyl (C=O) groups excluding carboxylic acids is 1. The normalized spacial score (nSPS) is 11.5. The Kier molecular flexibility index (Phi) is 5.25. The van der Waals surface area contributed by atoms with Gasteiger partial charge in [-0.15, -0.1) is 0 Å². The molecule has 17 heavy (non-hydrogen) atoms. The van der Waals surface area contributed by atoms with Crippen molar-refractivity contribution in [2.75, 3.05) is 6.54 Å². The SMILES string of the molecule is CC(C)C(CNC(=O)c1ccc(Br)o1)C(C)C. The number of furan rings is 1. The summed E-state index contributed by atoms with van der Waals surface area (Å²) in [6.45, 7) is 9.41. The lowest BCUT2D eigenvalue weighted by Gasteiger charge is -2.24. The van der Waals surface area contributed by atoms with Gasteiger partial charge in [-0.05, 0) is 45.8 Å². The maximum atomic E-state index is 11.8. The summed E-state index contributed by atoms with van der Waals surface area (Å²) in [6, 6.07) is 3.39. The van der Waals surface area contributed by atoms with E-state index >= 15 is 0 Å². The molecule has 0 aliphatic carbocycles. The van der Waals surface area contributed by atoms with Gasteiger partial charge in [0, 0.05) is 6.54 Å². The van der Waals surface area contributed by atoms with Crippen LogP contribution in [0.2, 0.25) is 0 Å². The van der Waals surface area contributed by atoms with Gasteiger partial charge >= 0.3 is 0 Å². The molecule has 0 aromatic carbocycles. The van der Waals surface area contributed by atoms with Crippen LogP contribution in [0.3, 0.4) is 0 Å². The summed E-state index contributed by atoms with van der Waals surface area (Å²) in [5, 5.41) is 2.92. The molecule has 1 rings (SSSR count). The number of rotatable bonds is 5. The van der Waals surface area contributed by atoms with E-state index < -0.39 is 0 Å². The van der Waals surface area contributed by atoms with Crippen molar-refractivity contribution in [2.45, 2.75) is 27.7 Å². The van der Waals surface area contributed by atoms with E-state index in [0.29, 0.717) is 34.7 Å². The van der Waals surface area contributed by atoms with Gasteiger partial charge in [-0.3, -0.25) is 4.79 Å². The van der Waals surface area contributed by atoms with Crippen LogP contribution in [0.1, 0.15) is 38.2 Å². The van der Waals surface area contributed by atoms with Crippen LogP contribution >= 0.6 is 15.9 Å². The zero-order valence-electron chi connectivity index (χ0n) is 10.8. The number of hydrogen-bond donors (Lipinski definition) is 1. The van der Waals surface area contributed by atoms with Crippen LogP contribution in [0, 0.1) is 17.8 Å². The molecule has 0 bridgehead atoms. The lowest BCUT2D eigenvalue weighted by molar-refractivity contribution is 0.0908. The average molecular weight is 302 g/mol. The van der Waals surface area contributed by atoms with Gasteiger partial charge in [0.25, 0.3) is 5.91 Å². The summed E-state index contributed by atoms with van der Waals surface area (Å²) in [7, 11) is 0. The Morgan fingerprint density at radius 1 is 1.29 bits per heavy atom. The van der Waals surface area contributed by atoms with Gasteiger partial charge in [-0.1, -0.05) is 27.7 Å². The minimum absolute atomic E-state index is 0.151. The second kappa shape index (κ2) is 6.24. The van der Waals surface area contributed by atoms with Crippen LogP contribution in [0.25, 0.3) is 0 Å². The molecule has 0 unspecified atom stereocenters. The van der Waals surface area contributed by atoms with E-state index in [1.165, 1.54) is 0 Å². The third-order valence-electron chi connectivity index (χ3n) is 3.01. The van der Waals surface area contributed by atoms with E-state index in [2.05, 4.69) is 48.9 Å². The van der Waals surface area contributed by atoms with Crippen molar-refractivity contribution < 1.29 is 9.21 Å². The molecule has 96 valence electrons. The first kappa shape index (κ1) is 14.3. The number of amides is 1. The van der Waals surface area contributed by atoms with Gasteiger partial charge in [-0.2, -0.15) is 0 Å². The largest absolute Gasteiger partial charge is 0.444 e. The van der Waals surface area contributed by atoms with Crippen molar-refractivity contribution >= 4 is 21.8 Å². The molecule has 0 atom stereocenters. The van der Waals surface area contributed by atoms with Crippen LogP contribution in [0.4, 0.5) is 0 Å². The molecule has 1 aromatic heterocycles. The van der Waals surface area contributed by atoms with Crippen molar-refractivity contribution in [3.05, 3.63) is 22.6 Å². The van der Waals surface area contributed by atoms with Crippen molar-refractivity contribution in [3.63, 3.8) is 0 Å². The summed E-state index contributed by atoms with van der Waals surface area (Å²) in [6.07, 6.45) is 0. The summed E-state index contributed by atoms with van der Waals surface area (Å²) < 4.78 is 5.78. The minimum atomic E-state index is -0.151. The second-order valence-corrected chi connectivity index (χ2v) is 5.75. The number of carbonyl (C=O) groups is 1. The topological polar surface area (TPSA) is 42.2 Å². The van der Waals surface area contributed by atoms with Gasteiger partial charge in [0.15, 0.2) is 10.4 Å². The average Bonchev–Trinajstić information content (AvgIpc) is 2.63. The lowest BCUT2D eigenvalue weighted by atomic mass is 9.85. The maximum Gasteiger partial charge on any atom is 0.287 e. The molecule has 3 nitrogen and oxygen atoms in total. The monoisotopic (exact) mass is 301 g/mol. The molecule has 0 saturated carbocycles. The Morgan fingerprint density at radius 3 is 2.29 bits per heavy atom. The predicted molar refractivity (Wildman–Crippen MR) is 71.9 cm³/mol. The molecule has 1 heterocycles. The Balaban J connectivity index is 2.52. The highest BCUT2D eigenvalue weighted by molar-refractivity contribution is 9.10. The zero-order chi connectivity index (χ0) is 13.0. The first-order valence-corrected chi connectivity index (χ1v) is 6.74. The molecule has 4 heteroatoms. The van der Waals surface area contributed by atoms with Gasteiger partial charge < -0.3 is 9.73 Å².